The summed E-state index contributed by atoms with van der Waals surface area (Å²) < 4.78 is 8.24. The first kappa shape index (κ1) is 9.78. The monoisotopic (exact) mass is 175 g/mol. The molecule has 0 aromatic rings. The van der Waals surface area contributed by atoms with Crippen molar-refractivity contribution in [1.29, 1.82) is 5.26 Å². The van der Waals surface area contributed by atoms with Crippen LogP contribution < -0.4 is 0 Å². The standard InChI is InChI=1S/C5H5NO4S/c6-1-2-9-4(7)5(8)10-3-11/h11H,2-3H2. The Bertz CT molecular complexity index is 197. The lowest BCUT2D eigenvalue weighted by atomic mass is 10.7. The van der Waals surface area contributed by atoms with E-state index in [4.69, 9.17) is 5.26 Å². The molecule has 0 aliphatic heterocycles. The highest BCUT2D eigenvalue weighted by atomic mass is 32.1. The molecule has 0 heterocycles. The Morgan fingerprint density at radius 3 is 2.36 bits per heavy atom. The van der Waals surface area contributed by atoms with Gasteiger partial charge in [0, 0.05) is 0 Å². The summed E-state index contributed by atoms with van der Waals surface area (Å²) in [5.74, 6) is -2.52. The van der Waals surface area contributed by atoms with Crippen LogP contribution in [-0.4, -0.2) is 24.5 Å². The minimum atomic E-state index is -1.18. The van der Waals surface area contributed by atoms with Gasteiger partial charge < -0.3 is 9.47 Å². The van der Waals surface area contributed by atoms with Gasteiger partial charge in [0.25, 0.3) is 0 Å². The van der Waals surface area contributed by atoms with Gasteiger partial charge in [-0.25, -0.2) is 9.59 Å². The molecule has 0 N–H and O–H groups in total. The van der Waals surface area contributed by atoms with Crippen LogP contribution in [0.2, 0.25) is 0 Å². The van der Waals surface area contributed by atoms with Gasteiger partial charge >= 0.3 is 11.9 Å². The molecule has 0 aliphatic carbocycles. The molecule has 11 heavy (non-hydrogen) atoms. The van der Waals surface area contributed by atoms with Crippen molar-refractivity contribution in [3.8, 4) is 6.07 Å². The Hall–Kier alpha value is -1.22. The lowest BCUT2D eigenvalue weighted by molar-refractivity contribution is -0.165. The maximum absolute atomic E-state index is 10.4. The predicted octanol–water partition coefficient (Wildman–Crippen LogP) is -0.516. The van der Waals surface area contributed by atoms with E-state index in [-0.39, 0.29) is 5.94 Å². The molecule has 6 heteroatoms. The van der Waals surface area contributed by atoms with Crippen molar-refractivity contribution < 1.29 is 19.1 Å². The summed E-state index contributed by atoms with van der Waals surface area (Å²) in [6.45, 7) is -0.458. The van der Waals surface area contributed by atoms with Crippen LogP contribution in [0.3, 0.4) is 0 Å². The molecule has 0 rings (SSSR count). The minimum absolute atomic E-state index is 0.194. The van der Waals surface area contributed by atoms with E-state index in [2.05, 4.69) is 22.1 Å². The van der Waals surface area contributed by atoms with Gasteiger partial charge in [-0.1, -0.05) is 0 Å². The number of rotatable bonds is 2. The molecule has 0 saturated heterocycles. The molecule has 5 nitrogen and oxygen atoms in total. The summed E-state index contributed by atoms with van der Waals surface area (Å²) in [4.78, 5) is 20.8. The van der Waals surface area contributed by atoms with Crippen LogP contribution in [0.15, 0.2) is 0 Å². The Morgan fingerprint density at radius 1 is 1.36 bits per heavy atom. The molecule has 0 fully saturated rings. The molecule has 0 aliphatic rings. The third-order valence-corrected chi connectivity index (χ3v) is 0.759. The summed E-state index contributed by atoms with van der Waals surface area (Å²) in [5, 5.41) is 7.93. The summed E-state index contributed by atoms with van der Waals surface area (Å²) in [7, 11) is 0. The molecule has 0 atom stereocenters. The summed E-state index contributed by atoms with van der Waals surface area (Å²) in [5.41, 5.74) is 0. The van der Waals surface area contributed by atoms with Crippen molar-refractivity contribution in [3.63, 3.8) is 0 Å². The molecule has 60 valence electrons. The van der Waals surface area contributed by atoms with Crippen LogP contribution in [0, 0.1) is 11.3 Å². The van der Waals surface area contributed by atoms with E-state index in [1.165, 1.54) is 6.07 Å². The SMILES string of the molecule is N#CCOC(=O)C(=O)OCS. The smallest absolute Gasteiger partial charge is 0.418 e. The van der Waals surface area contributed by atoms with Gasteiger partial charge in [-0.2, -0.15) is 5.26 Å². The van der Waals surface area contributed by atoms with Gasteiger partial charge in [-0.05, 0) is 0 Å². The second kappa shape index (κ2) is 5.56. The van der Waals surface area contributed by atoms with Crippen molar-refractivity contribution in [2.24, 2.45) is 0 Å². The van der Waals surface area contributed by atoms with Crippen LogP contribution in [0.1, 0.15) is 0 Å². The van der Waals surface area contributed by atoms with Crippen molar-refractivity contribution >= 4 is 24.6 Å². The summed E-state index contributed by atoms with van der Waals surface area (Å²) in [6.07, 6.45) is 0. The molecule has 0 radical (unpaired) electrons. The van der Waals surface area contributed by atoms with Gasteiger partial charge in [-0.15, -0.1) is 12.6 Å². The van der Waals surface area contributed by atoms with E-state index >= 15 is 0 Å². The van der Waals surface area contributed by atoms with E-state index in [1.54, 1.807) is 0 Å². The van der Waals surface area contributed by atoms with Crippen LogP contribution in [0.5, 0.6) is 0 Å². The van der Waals surface area contributed by atoms with E-state index in [1.807, 2.05) is 0 Å². The molecule has 0 aromatic carbocycles. The van der Waals surface area contributed by atoms with Crippen molar-refractivity contribution in [2.75, 3.05) is 12.5 Å². The first-order valence-electron chi connectivity index (χ1n) is 2.54. The average Bonchev–Trinajstić information content (AvgIpc) is 2.00. The maximum atomic E-state index is 10.4. The lowest BCUT2D eigenvalue weighted by Crippen LogP contribution is -2.19. The van der Waals surface area contributed by atoms with Crippen LogP contribution >= 0.6 is 12.6 Å². The molecule has 0 amide bonds. The molecular formula is C5H5NO4S. The topological polar surface area (TPSA) is 76.4 Å². The minimum Gasteiger partial charge on any atom is -0.446 e. The average molecular weight is 175 g/mol. The molecule has 0 aromatic heterocycles. The highest BCUT2D eigenvalue weighted by Crippen LogP contribution is 1.85. The molecule has 0 saturated carbocycles. The predicted molar refractivity (Wildman–Crippen MR) is 36.5 cm³/mol. The summed E-state index contributed by atoms with van der Waals surface area (Å²) in [6, 6.07) is 1.53. The third-order valence-electron chi connectivity index (χ3n) is 0.630. The quantitative estimate of drug-likeness (QED) is 0.264. The molecule has 0 bridgehead atoms. The zero-order valence-electron chi connectivity index (χ0n) is 5.44. The van der Waals surface area contributed by atoms with E-state index in [9.17, 15) is 9.59 Å². The van der Waals surface area contributed by atoms with Gasteiger partial charge in [-0.3, -0.25) is 0 Å². The van der Waals surface area contributed by atoms with Crippen molar-refractivity contribution in [3.05, 3.63) is 0 Å². The number of carbonyl (C=O) groups excluding carboxylic acids is 2. The van der Waals surface area contributed by atoms with Gasteiger partial charge in [0.15, 0.2) is 6.61 Å². The number of hydrogen-bond acceptors (Lipinski definition) is 6. The van der Waals surface area contributed by atoms with Gasteiger partial charge in [0.05, 0.1) is 0 Å². The zero-order chi connectivity index (χ0) is 8.69. The maximum Gasteiger partial charge on any atom is 0.418 e. The van der Waals surface area contributed by atoms with Crippen LogP contribution in [0.4, 0.5) is 0 Å². The van der Waals surface area contributed by atoms with Crippen LogP contribution in [0.25, 0.3) is 0 Å². The number of thiol groups is 1. The number of ether oxygens (including phenoxy) is 2. The Kier molecular flexibility index (Phi) is 4.94. The van der Waals surface area contributed by atoms with E-state index < -0.39 is 18.5 Å². The lowest BCUT2D eigenvalue weighted by Gasteiger charge is -1.97. The number of carbonyl (C=O) groups is 2. The third kappa shape index (κ3) is 4.22. The molecular weight excluding hydrogens is 170 g/mol. The largest absolute Gasteiger partial charge is 0.446 e. The Morgan fingerprint density at radius 2 is 1.91 bits per heavy atom. The number of esters is 2. The van der Waals surface area contributed by atoms with E-state index in [0.29, 0.717) is 0 Å². The Labute approximate surface area is 68.3 Å². The van der Waals surface area contributed by atoms with E-state index in [0.717, 1.165) is 0 Å². The first-order valence-corrected chi connectivity index (χ1v) is 3.17. The van der Waals surface area contributed by atoms with Gasteiger partial charge in [0.1, 0.15) is 12.0 Å². The molecule has 0 unspecified atom stereocenters. The highest BCUT2D eigenvalue weighted by molar-refractivity contribution is 7.80. The second-order valence-corrected chi connectivity index (χ2v) is 1.55. The van der Waals surface area contributed by atoms with Crippen molar-refractivity contribution in [1.82, 2.24) is 0 Å². The van der Waals surface area contributed by atoms with Crippen molar-refractivity contribution in [2.45, 2.75) is 0 Å². The van der Waals surface area contributed by atoms with Gasteiger partial charge in [0.2, 0.25) is 0 Å². The fourth-order valence-electron chi connectivity index (χ4n) is 0.274. The zero-order valence-corrected chi connectivity index (χ0v) is 6.34. The first-order chi connectivity index (χ1) is 5.22. The highest BCUT2D eigenvalue weighted by Gasteiger charge is 2.15. The Balaban J connectivity index is 3.67. The van der Waals surface area contributed by atoms with Crippen LogP contribution in [-0.2, 0) is 19.1 Å². The fraction of sp³-hybridized carbons (Fsp3) is 0.400. The second-order valence-electron chi connectivity index (χ2n) is 1.30. The normalized spacial score (nSPS) is 8.00. The summed E-state index contributed by atoms with van der Waals surface area (Å²) >= 11 is 3.53. The number of hydrogen-bond donors (Lipinski definition) is 1. The number of nitriles is 1. The number of nitrogens with zero attached hydrogens (tertiary/aromatic N) is 1. The molecule has 0 spiro atoms. The fourth-order valence-corrected chi connectivity index (χ4v) is 0.392.